The Labute approximate surface area is 235 Å². The molecule has 2 fully saturated rings. The minimum absolute atomic E-state index is 0.224. The van der Waals surface area contributed by atoms with Gasteiger partial charge in [0.05, 0.1) is 7.11 Å². The number of amides is 3. The van der Waals surface area contributed by atoms with Gasteiger partial charge in [-0.15, -0.1) is 0 Å². The second-order valence-electron chi connectivity index (χ2n) is 10.9. The highest BCUT2D eigenvalue weighted by Gasteiger charge is 2.36. The summed E-state index contributed by atoms with van der Waals surface area (Å²) in [5.41, 5.74) is 0.293. The van der Waals surface area contributed by atoms with E-state index in [1.54, 1.807) is 30.6 Å². The molecule has 1 aromatic rings. The predicted molar refractivity (Wildman–Crippen MR) is 155 cm³/mol. The summed E-state index contributed by atoms with van der Waals surface area (Å²) >= 11 is 3.35. The van der Waals surface area contributed by atoms with Crippen molar-refractivity contribution in [1.82, 2.24) is 15.5 Å². The summed E-state index contributed by atoms with van der Waals surface area (Å²) in [5, 5.41) is 5.95. The fourth-order valence-electron chi connectivity index (χ4n) is 4.57. The molecule has 1 heterocycles. The van der Waals surface area contributed by atoms with E-state index in [2.05, 4.69) is 10.6 Å². The van der Waals surface area contributed by atoms with Gasteiger partial charge in [-0.1, -0.05) is 31.4 Å². The zero-order valence-electron chi connectivity index (χ0n) is 23.1. The summed E-state index contributed by atoms with van der Waals surface area (Å²) in [5.74, 6) is 3.58. The second kappa shape index (κ2) is 14.9. The van der Waals surface area contributed by atoms with Crippen molar-refractivity contribution in [2.75, 3.05) is 36.7 Å². The number of hydrogen-bond donors (Lipinski definition) is 2. The second-order valence-corrected chi connectivity index (χ2v) is 13.2. The summed E-state index contributed by atoms with van der Waals surface area (Å²) < 4.78 is 10.8. The van der Waals surface area contributed by atoms with Crippen molar-refractivity contribution in [2.45, 2.75) is 77.1 Å². The topological polar surface area (TPSA) is 97.0 Å². The molecule has 3 amide bonds. The summed E-state index contributed by atoms with van der Waals surface area (Å²) in [6, 6.07) is 6.15. The number of hydrogen-bond acceptors (Lipinski definition) is 7. The molecule has 0 radical (unpaired) electrons. The molecule has 1 aromatic carbocycles. The first-order chi connectivity index (χ1) is 18.2. The van der Waals surface area contributed by atoms with Crippen LogP contribution in [0.15, 0.2) is 24.3 Å². The first-order valence-electron chi connectivity index (χ1n) is 13.5. The molecular formula is C28H43N3O5S2. The monoisotopic (exact) mass is 565 g/mol. The lowest BCUT2D eigenvalue weighted by Crippen LogP contribution is -2.58. The molecule has 212 valence electrons. The van der Waals surface area contributed by atoms with Gasteiger partial charge < -0.3 is 20.1 Å². The molecule has 1 aliphatic heterocycles. The van der Waals surface area contributed by atoms with Gasteiger partial charge in [0, 0.05) is 30.3 Å². The Bertz CT molecular complexity index is 916. The molecule has 1 saturated heterocycles. The average molecular weight is 566 g/mol. The molecule has 2 N–H and O–H groups in total. The van der Waals surface area contributed by atoms with Crippen molar-refractivity contribution >= 4 is 41.4 Å². The zero-order valence-corrected chi connectivity index (χ0v) is 24.8. The van der Waals surface area contributed by atoms with E-state index in [1.165, 1.54) is 37.0 Å². The quantitative estimate of drug-likeness (QED) is 0.432. The van der Waals surface area contributed by atoms with E-state index in [0.29, 0.717) is 30.5 Å². The van der Waals surface area contributed by atoms with Crippen molar-refractivity contribution in [3.8, 4) is 5.75 Å². The molecule has 0 aromatic heterocycles. The number of ether oxygens (including phenoxy) is 2. The maximum Gasteiger partial charge on any atom is 0.411 e. The minimum Gasteiger partial charge on any atom is -0.497 e. The van der Waals surface area contributed by atoms with Crippen LogP contribution in [-0.2, 0) is 20.9 Å². The summed E-state index contributed by atoms with van der Waals surface area (Å²) in [6.07, 6.45) is 5.82. The maximum absolute atomic E-state index is 13.4. The summed E-state index contributed by atoms with van der Waals surface area (Å²) in [4.78, 5) is 41.0. The third-order valence-corrected chi connectivity index (χ3v) is 8.98. The van der Waals surface area contributed by atoms with Gasteiger partial charge in [-0.2, -0.15) is 23.5 Å². The molecule has 10 heteroatoms. The van der Waals surface area contributed by atoms with Gasteiger partial charge in [-0.3, -0.25) is 14.5 Å². The molecule has 0 bridgehead atoms. The first kappa shape index (κ1) is 30.5. The molecule has 3 rings (SSSR count). The van der Waals surface area contributed by atoms with Crippen LogP contribution in [0.4, 0.5) is 4.79 Å². The van der Waals surface area contributed by atoms with Crippen LogP contribution in [-0.4, -0.2) is 77.2 Å². The van der Waals surface area contributed by atoms with E-state index in [-0.39, 0.29) is 11.8 Å². The van der Waals surface area contributed by atoms with Crippen molar-refractivity contribution in [3.05, 3.63) is 29.8 Å². The fraction of sp³-hybridized carbons (Fsp3) is 0.679. The Kier molecular flexibility index (Phi) is 12.0. The van der Waals surface area contributed by atoms with E-state index >= 15 is 0 Å². The van der Waals surface area contributed by atoms with E-state index in [0.717, 1.165) is 22.8 Å². The van der Waals surface area contributed by atoms with Gasteiger partial charge >= 0.3 is 6.09 Å². The standard InChI is InChI=1S/C28H43N3O5S2/c1-28(2,3)36-27(34)31-14-15-37-19-24(31)26(33)30-23(18-38-17-21-8-6-5-7-9-21)25(32)29-16-20-10-12-22(35-4)13-11-20/h10-13,21,23-24H,5-9,14-19H2,1-4H3,(H,29,32)(H,30,33). The average Bonchev–Trinajstić information content (AvgIpc) is 2.91. The van der Waals surface area contributed by atoms with Gasteiger partial charge in [0.15, 0.2) is 0 Å². The molecule has 2 atom stereocenters. The van der Waals surface area contributed by atoms with E-state index in [1.807, 2.05) is 45.0 Å². The number of carbonyl (C=O) groups excluding carboxylic acids is 3. The Morgan fingerprint density at radius 3 is 2.50 bits per heavy atom. The highest BCUT2D eigenvalue weighted by molar-refractivity contribution is 7.99. The third-order valence-electron chi connectivity index (χ3n) is 6.68. The van der Waals surface area contributed by atoms with Crippen molar-refractivity contribution in [2.24, 2.45) is 5.92 Å². The van der Waals surface area contributed by atoms with E-state index in [9.17, 15) is 14.4 Å². The lowest BCUT2D eigenvalue weighted by atomic mass is 9.91. The van der Waals surface area contributed by atoms with Crippen molar-refractivity contribution in [3.63, 3.8) is 0 Å². The van der Waals surface area contributed by atoms with Crippen molar-refractivity contribution < 1.29 is 23.9 Å². The smallest absolute Gasteiger partial charge is 0.411 e. The van der Waals surface area contributed by atoms with E-state index < -0.39 is 23.8 Å². The molecule has 8 nitrogen and oxygen atoms in total. The minimum atomic E-state index is -0.693. The SMILES string of the molecule is COc1ccc(CNC(=O)C(CSCC2CCCCC2)NC(=O)C2CSCCN2C(=O)OC(C)(C)C)cc1. The number of rotatable bonds is 10. The number of nitrogens with one attached hydrogen (secondary N) is 2. The first-order valence-corrected chi connectivity index (χ1v) is 15.8. The number of thioether (sulfide) groups is 2. The zero-order chi connectivity index (χ0) is 27.5. The fourth-order valence-corrected chi connectivity index (χ4v) is 6.89. The Morgan fingerprint density at radius 1 is 1.13 bits per heavy atom. The number of methoxy groups -OCH3 is 1. The predicted octanol–water partition coefficient (Wildman–Crippen LogP) is 4.46. The summed E-state index contributed by atoms with van der Waals surface area (Å²) in [6.45, 7) is 6.22. The maximum atomic E-state index is 13.4. The van der Waals surface area contributed by atoms with Gasteiger partial charge in [0.2, 0.25) is 11.8 Å². The molecule has 2 aliphatic rings. The molecule has 1 aliphatic carbocycles. The molecule has 1 saturated carbocycles. The number of nitrogens with zero attached hydrogens (tertiary/aromatic N) is 1. The molecule has 38 heavy (non-hydrogen) atoms. The Hall–Kier alpha value is -2.07. The lowest BCUT2D eigenvalue weighted by Gasteiger charge is -2.36. The largest absolute Gasteiger partial charge is 0.497 e. The molecule has 0 spiro atoms. The van der Waals surface area contributed by atoms with Crippen LogP contribution in [0.5, 0.6) is 5.75 Å². The number of benzene rings is 1. The van der Waals surface area contributed by atoms with Gasteiger partial charge in [0.25, 0.3) is 0 Å². The van der Waals surface area contributed by atoms with E-state index in [4.69, 9.17) is 9.47 Å². The summed E-state index contributed by atoms with van der Waals surface area (Å²) in [7, 11) is 1.61. The Morgan fingerprint density at radius 2 is 1.84 bits per heavy atom. The third kappa shape index (κ3) is 9.91. The van der Waals surface area contributed by atoms with Crippen LogP contribution in [0.3, 0.4) is 0 Å². The van der Waals surface area contributed by atoms with Crippen LogP contribution in [0.25, 0.3) is 0 Å². The van der Waals surface area contributed by atoms with Crippen LogP contribution < -0.4 is 15.4 Å². The van der Waals surface area contributed by atoms with Gasteiger partial charge in [-0.05, 0) is 63.0 Å². The van der Waals surface area contributed by atoms with Crippen molar-refractivity contribution in [1.29, 1.82) is 0 Å². The molecule has 2 unspecified atom stereocenters. The van der Waals surface area contributed by atoms with Crippen LogP contribution in [0, 0.1) is 5.92 Å². The van der Waals surface area contributed by atoms with Crippen LogP contribution in [0.2, 0.25) is 0 Å². The van der Waals surface area contributed by atoms with Gasteiger partial charge in [0.1, 0.15) is 23.4 Å². The van der Waals surface area contributed by atoms with Crippen LogP contribution >= 0.6 is 23.5 Å². The number of carbonyl (C=O) groups is 3. The highest BCUT2D eigenvalue weighted by Crippen LogP contribution is 2.27. The van der Waals surface area contributed by atoms with Crippen LogP contribution in [0.1, 0.15) is 58.4 Å². The van der Waals surface area contributed by atoms with Gasteiger partial charge in [-0.25, -0.2) is 4.79 Å². The molecular weight excluding hydrogens is 522 g/mol. The Balaban J connectivity index is 1.64. The normalized spacial score (nSPS) is 19.4. The lowest BCUT2D eigenvalue weighted by molar-refractivity contribution is -0.131. The highest BCUT2D eigenvalue weighted by atomic mass is 32.2.